The maximum Gasteiger partial charge on any atom is 0.124 e. The molecule has 0 saturated heterocycles. The summed E-state index contributed by atoms with van der Waals surface area (Å²) in [6.07, 6.45) is 1.85. The first-order valence-electron chi connectivity index (χ1n) is 9.01. The molecule has 0 aliphatic carbocycles. The molecule has 2 N–H and O–H groups in total. The molecule has 0 aliphatic rings. The van der Waals surface area contributed by atoms with Crippen molar-refractivity contribution >= 4 is 28.3 Å². The van der Waals surface area contributed by atoms with E-state index in [0.29, 0.717) is 12.4 Å². The van der Waals surface area contributed by atoms with Gasteiger partial charge in [-0.3, -0.25) is 0 Å². The van der Waals surface area contributed by atoms with Crippen LogP contribution in [0, 0.1) is 0 Å². The Labute approximate surface area is 162 Å². The third-order valence-electron chi connectivity index (χ3n) is 4.50. The number of nitrogen functional groups attached to an aromatic ring is 1. The standard InChI is InChI=1S/C22H21N3OS/c23-22-14-17(7-4-11-26-15-16-5-2-1-3-6-16)19-9-8-18(13-21(19)24-22)20-10-12-27-25-20/h1-3,5-6,8-10,12-14H,4,7,11,15H2,(H2,23,24). The van der Waals surface area contributed by atoms with Gasteiger partial charge in [-0.05, 0) is 53.7 Å². The second kappa shape index (κ2) is 8.29. The Morgan fingerprint density at radius 2 is 1.89 bits per heavy atom. The zero-order chi connectivity index (χ0) is 18.5. The van der Waals surface area contributed by atoms with E-state index in [1.807, 2.05) is 35.7 Å². The molecule has 0 spiro atoms. The molecule has 4 rings (SSSR count). The number of hydrogen-bond acceptors (Lipinski definition) is 5. The molecular formula is C22H21N3OS. The van der Waals surface area contributed by atoms with Crippen LogP contribution in [0.1, 0.15) is 17.5 Å². The SMILES string of the molecule is Nc1cc(CCCOCc2ccccc2)c2ccc(-c3ccsn3)cc2n1. The van der Waals surface area contributed by atoms with E-state index in [0.717, 1.165) is 41.6 Å². The van der Waals surface area contributed by atoms with Crippen molar-refractivity contribution in [1.29, 1.82) is 0 Å². The Morgan fingerprint density at radius 1 is 1.00 bits per heavy atom. The van der Waals surface area contributed by atoms with Gasteiger partial charge in [-0.2, -0.15) is 4.37 Å². The Bertz CT molecular complexity index is 1020. The summed E-state index contributed by atoms with van der Waals surface area (Å²) >= 11 is 1.45. The lowest BCUT2D eigenvalue weighted by Crippen LogP contribution is -2.00. The van der Waals surface area contributed by atoms with Crippen LogP contribution < -0.4 is 5.73 Å². The van der Waals surface area contributed by atoms with E-state index in [9.17, 15) is 0 Å². The largest absolute Gasteiger partial charge is 0.384 e. The van der Waals surface area contributed by atoms with Crippen molar-refractivity contribution < 1.29 is 4.74 Å². The summed E-state index contributed by atoms with van der Waals surface area (Å²) < 4.78 is 10.2. The number of anilines is 1. The van der Waals surface area contributed by atoms with Gasteiger partial charge in [0.2, 0.25) is 0 Å². The number of rotatable bonds is 7. The molecule has 27 heavy (non-hydrogen) atoms. The van der Waals surface area contributed by atoms with Crippen molar-refractivity contribution in [2.75, 3.05) is 12.3 Å². The summed E-state index contributed by atoms with van der Waals surface area (Å²) in [5, 5.41) is 3.12. The summed E-state index contributed by atoms with van der Waals surface area (Å²) in [6, 6.07) is 20.5. The number of aromatic nitrogens is 2. The molecule has 136 valence electrons. The van der Waals surface area contributed by atoms with E-state index in [1.54, 1.807) is 0 Å². The number of pyridine rings is 1. The van der Waals surface area contributed by atoms with Crippen molar-refractivity contribution in [2.24, 2.45) is 0 Å². The lowest BCUT2D eigenvalue weighted by Gasteiger charge is -2.09. The van der Waals surface area contributed by atoms with Crippen molar-refractivity contribution in [1.82, 2.24) is 9.36 Å². The fraction of sp³-hybridized carbons (Fsp3) is 0.182. The molecule has 0 fully saturated rings. The summed E-state index contributed by atoms with van der Waals surface area (Å²) in [5.41, 5.74) is 11.4. The molecule has 0 atom stereocenters. The number of aryl methyl sites for hydroxylation is 1. The van der Waals surface area contributed by atoms with Gasteiger partial charge in [0.05, 0.1) is 17.8 Å². The van der Waals surface area contributed by atoms with Crippen LogP contribution in [0.5, 0.6) is 0 Å². The van der Waals surface area contributed by atoms with Crippen LogP contribution >= 0.6 is 11.5 Å². The average molecular weight is 375 g/mol. The first kappa shape index (κ1) is 17.6. The predicted octanol–water partition coefficient (Wildman–Crippen LogP) is 5.09. The number of nitrogens with two attached hydrogens (primary N) is 1. The van der Waals surface area contributed by atoms with E-state index in [4.69, 9.17) is 10.5 Å². The number of hydrogen-bond donors (Lipinski definition) is 1. The van der Waals surface area contributed by atoms with Crippen LogP contribution in [0.3, 0.4) is 0 Å². The van der Waals surface area contributed by atoms with Crippen molar-refractivity contribution in [2.45, 2.75) is 19.4 Å². The number of nitrogens with zero attached hydrogens (tertiary/aromatic N) is 2. The minimum atomic E-state index is 0.554. The maximum atomic E-state index is 6.04. The van der Waals surface area contributed by atoms with E-state index >= 15 is 0 Å². The lowest BCUT2D eigenvalue weighted by molar-refractivity contribution is 0.119. The minimum absolute atomic E-state index is 0.554. The fourth-order valence-corrected chi connectivity index (χ4v) is 3.71. The van der Waals surface area contributed by atoms with Gasteiger partial charge < -0.3 is 10.5 Å². The van der Waals surface area contributed by atoms with Crippen molar-refractivity contribution in [3.8, 4) is 11.3 Å². The predicted molar refractivity (Wildman–Crippen MR) is 112 cm³/mol. The van der Waals surface area contributed by atoms with Gasteiger partial charge in [0.1, 0.15) is 5.82 Å². The molecule has 0 bridgehead atoms. The average Bonchev–Trinajstić information content (AvgIpc) is 3.22. The second-order valence-corrected chi connectivity index (χ2v) is 7.13. The lowest BCUT2D eigenvalue weighted by atomic mass is 10.0. The smallest absolute Gasteiger partial charge is 0.124 e. The van der Waals surface area contributed by atoms with Gasteiger partial charge in [0.15, 0.2) is 0 Å². The monoisotopic (exact) mass is 375 g/mol. The molecule has 4 nitrogen and oxygen atoms in total. The first-order valence-corrected chi connectivity index (χ1v) is 9.85. The Kier molecular flexibility index (Phi) is 5.42. The Morgan fingerprint density at radius 3 is 2.70 bits per heavy atom. The van der Waals surface area contributed by atoms with Gasteiger partial charge in [-0.15, -0.1) is 0 Å². The molecule has 2 aromatic heterocycles. The van der Waals surface area contributed by atoms with E-state index in [-0.39, 0.29) is 0 Å². The second-order valence-electron chi connectivity index (χ2n) is 6.46. The third-order valence-corrected chi connectivity index (χ3v) is 5.06. The van der Waals surface area contributed by atoms with Crippen LogP contribution in [-0.2, 0) is 17.8 Å². The molecule has 0 radical (unpaired) electrons. The summed E-state index contributed by atoms with van der Waals surface area (Å²) in [7, 11) is 0. The number of benzene rings is 2. The maximum absolute atomic E-state index is 6.04. The highest BCUT2D eigenvalue weighted by Crippen LogP contribution is 2.27. The summed E-state index contributed by atoms with van der Waals surface area (Å²) in [6.45, 7) is 1.37. The van der Waals surface area contributed by atoms with Gasteiger partial charge in [0.25, 0.3) is 0 Å². The van der Waals surface area contributed by atoms with E-state index < -0.39 is 0 Å². The Balaban J connectivity index is 1.43. The first-order chi connectivity index (χ1) is 13.3. The summed E-state index contributed by atoms with van der Waals surface area (Å²) in [4.78, 5) is 4.51. The van der Waals surface area contributed by atoms with Crippen LogP contribution in [-0.4, -0.2) is 16.0 Å². The molecule has 2 aromatic carbocycles. The van der Waals surface area contributed by atoms with Crippen LogP contribution in [0.25, 0.3) is 22.2 Å². The van der Waals surface area contributed by atoms with Crippen molar-refractivity contribution in [3.63, 3.8) is 0 Å². The van der Waals surface area contributed by atoms with E-state index in [1.165, 1.54) is 22.7 Å². The normalized spacial score (nSPS) is 11.1. The van der Waals surface area contributed by atoms with Crippen molar-refractivity contribution in [3.05, 3.63) is 77.2 Å². The zero-order valence-corrected chi connectivity index (χ0v) is 15.8. The van der Waals surface area contributed by atoms with Gasteiger partial charge in [-0.25, -0.2) is 4.98 Å². The van der Waals surface area contributed by atoms with Gasteiger partial charge in [0, 0.05) is 22.9 Å². The molecule has 0 aliphatic heterocycles. The third kappa shape index (κ3) is 4.32. The van der Waals surface area contributed by atoms with Gasteiger partial charge >= 0.3 is 0 Å². The summed E-state index contributed by atoms with van der Waals surface area (Å²) in [5.74, 6) is 0.554. The fourth-order valence-electron chi connectivity index (χ4n) is 3.18. The van der Waals surface area contributed by atoms with Crippen LogP contribution in [0.15, 0.2) is 66.0 Å². The molecule has 0 amide bonds. The molecule has 5 heteroatoms. The highest BCUT2D eigenvalue weighted by atomic mass is 32.1. The topological polar surface area (TPSA) is 61.0 Å². The highest BCUT2D eigenvalue weighted by Gasteiger charge is 2.08. The Hall–Kier alpha value is -2.76. The quantitative estimate of drug-likeness (QED) is 0.457. The van der Waals surface area contributed by atoms with Crippen LogP contribution in [0.4, 0.5) is 5.82 Å². The molecular weight excluding hydrogens is 354 g/mol. The molecule has 0 unspecified atom stereocenters. The molecule has 0 saturated carbocycles. The van der Waals surface area contributed by atoms with Gasteiger partial charge in [-0.1, -0.05) is 42.5 Å². The van der Waals surface area contributed by atoms with Crippen LogP contribution in [0.2, 0.25) is 0 Å². The van der Waals surface area contributed by atoms with E-state index in [2.05, 4.69) is 39.7 Å². The number of fused-ring (bicyclic) bond motifs is 1. The zero-order valence-electron chi connectivity index (χ0n) is 15.0. The molecule has 4 aromatic rings. The molecule has 2 heterocycles. The minimum Gasteiger partial charge on any atom is -0.384 e. The number of ether oxygens (including phenoxy) is 1. The highest BCUT2D eigenvalue weighted by molar-refractivity contribution is 7.03.